The van der Waals surface area contributed by atoms with Crippen molar-refractivity contribution in [1.82, 2.24) is 4.90 Å². The van der Waals surface area contributed by atoms with E-state index in [0.29, 0.717) is 18.0 Å². The predicted molar refractivity (Wildman–Crippen MR) is 59.4 cm³/mol. The average molecular weight is 244 g/mol. The highest BCUT2D eigenvalue weighted by molar-refractivity contribution is 6.32. The number of nitrogens with zero attached hydrogens (tertiary/aromatic N) is 1. The number of hydrogen-bond donors (Lipinski definition) is 1. The van der Waals surface area contributed by atoms with Gasteiger partial charge in [0.05, 0.1) is 11.8 Å². The van der Waals surface area contributed by atoms with E-state index in [-0.39, 0.29) is 17.7 Å². The molecular weight excluding hydrogens is 230 g/mol. The molecule has 0 aliphatic carbocycles. The van der Waals surface area contributed by atoms with Crippen molar-refractivity contribution in [2.24, 2.45) is 5.92 Å². The zero-order valence-electron chi connectivity index (χ0n) is 8.86. The molecule has 0 bridgehead atoms. The second-order valence-corrected chi connectivity index (χ2v) is 4.37. The third kappa shape index (κ3) is 2.23. The van der Waals surface area contributed by atoms with Crippen LogP contribution >= 0.6 is 11.6 Å². The topological polar surface area (TPSA) is 53.7 Å². The largest absolute Gasteiger partial charge is 0.452 e. The molecule has 1 saturated heterocycles. The number of rotatable bonds is 3. The van der Waals surface area contributed by atoms with Crippen LogP contribution in [0.4, 0.5) is 0 Å². The van der Waals surface area contributed by atoms with Gasteiger partial charge in [-0.2, -0.15) is 0 Å². The van der Waals surface area contributed by atoms with Gasteiger partial charge in [-0.1, -0.05) is 0 Å². The van der Waals surface area contributed by atoms with Crippen LogP contribution in [0.5, 0.6) is 0 Å². The van der Waals surface area contributed by atoms with E-state index in [9.17, 15) is 4.79 Å². The first kappa shape index (κ1) is 11.5. The Hall–Kier alpha value is -1.00. The average Bonchev–Trinajstić information content (AvgIpc) is 2.87. The summed E-state index contributed by atoms with van der Waals surface area (Å²) in [7, 11) is 0. The van der Waals surface area contributed by atoms with E-state index in [1.165, 1.54) is 6.26 Å². The number of likely N-dealkylation sites (tertiary alicyclic amines) is 1. The van der Waals surface area contributed by atoms with Gasteiger partial charge >= 0.3 is 0 Å². The summed E-state index contributed by atoms with van der Waals surface area (Å²) < 4.78 is 4.90. The Balaban J connectivity index is 2.00. The van der Waals surface area contributed by atoms with Crippen LogP contribution in [0.2, 0.25) is 5.22 Å². The van der Waals surface area contributed by atoms with Crippen molar-refractivity contribution in [1.29, 1.82) is 0 Å². The molecular formula is C11H14ClNO3. The van der Waals surface area contributed by atoms with E-state index < -0.39 is 0 Å². The maximum Gasteiger partial charge on any atom is 0.258 e. The molecule has 2 rings (SSSR count). The van der Waals surface area contributed by atoms with Gasteiger partial charge in [0.15, 0.2) is 0 Å². The van der Waals surface area contributed by atoms with Crippen LogP contribution in [0, 0.1) is 5.92 Å². The Labute approximate surface area is 98.8 Å². The normalized spacial score (nSPS) is 20.4. The van der Waals surface area contributed by atoms with Crippen molar-refractivity contribution in [2.45, 2.75) is 12.8 Å². The zero-order valence-corrected chi connectivity index (χ0v) is 9.61. The maximum absolute atomic E-state index is 12.0. The third-order valence-corrected chi connectivity index (χ3v) is 3.25. The molecule has 1 aliphatic heterocycles. The monoisotopic (exact) mass is 243 g/mol. The Morgan fingerprint density at radius 3 is 3.12 bits per heavy atom. The number of halogens is 1. The quantitative estimate of drug-likeness (QED) is 0.881. The van der Waals surface area contributed by atoms with Gasteiger partial charge in [0.25, 0.3) is 5.91 Å². The van der Waals surface area contributed by atoms with Gasteiger partial charge in [0.2, 0.25) is 5.22 Å². The lowest BCUT2D eigenvalue weighted by molar-refractivity contribution is 0.0784. The molecule has 1 atom stereocenters. The van der Waals surface area contributed by atoms with Gasteiger partial charge in [-0.05, 0) is 36.4 Å². The molecule has 1 N–H and O–H groups in total. The fourth-order valence-corrected chi connectivity index (χ4v) is 2.25. The lowest BCUT2D eigenvalue weighted by Crippen LogP contribution is -2.28. The minimum absolute atomic E-state index is 0.0841. The first-order valence-electron chi connectivity index (χ1n) is 5.35. The highest BCUT2D eigenvalue weighted by atomic mass is 35.5. The number of carbonyl (C=O) groups is 1. The summed E-state index contributed by atoms with van der Waals surface area (Å²) in [5.74, 6) is 0.318. The van der Waals surface area contributed by atoms with Crippen molar-refractivity contribution in [3.8, 4) is 0 Å². The Morgan fingerprint density at radius 1 is 1.69 bits per heavy atom. The van der Waals surface area contributed by atoms with Crippen LogP contribution in [-0.2, 0) is 0 Å². The van der Waals surface area contributed by atoms with E-state index >= 15 is 0 Å². The minimum Gasteiger partial charge on any atom is -0.452 e. The molecule has 1 fully saturated rings. The van der Waals surface area contributed by atoms with E-state index in [1.54, 1.807) is 11.0 Å². The number of aliphatic hydroxyl groups is 1. The van der Waals surface area contributed by atoms with E-state index in [1.807, 2.05) is 0 Å². The molecule has 0 aromatic carbocycles. The molecule has 2 heterocycles. The smallest absolute Gasteiger partial charge is 0.258 e. The molecule has 1 aromatic rings. The molecule has 1 aliphatic rings. The number of hydrogen-bond acceptors (Lipinski definition) is 3. The van der Waals surface area contributed by atoms with Crippen molar-refractivity contribution < 1.29 is 14.3 Å². The molecule has 0 spiro atoms. The van der Waals surface area contributed by atoms with Gasteiger partial charge in [-0.25, -0.2) is 0 Å². The SMILES string of the molecule is O=C(c1ccoc1Cl)N1CCC(CCO)C1. The van der Waals surface area contributed by atoms with E-state index in [2.05, 4.69) is 0 Å². The van der Waals surface area contributed by atoms with Gasteiger partial charge < -0.3 is 14.4 Å². The van der Waals surface area contributed by atoms with Gasteiger partial charge in [0, 0.05) is 19.7 Å². The highest BCUT2D eigenvalue weighted by Crippen LogP contribution is 2.24. The summed E-state index contributed by atoms with van der Waals surface area (Å²) in [5.41, 5.74) is 0.423. The molecule has 1 amide bonds. The fourth-order valence-electron chi connectivity index (χ4n) is 2.05. The second kappa shape index (κ2) is 4.89. The van der Waals surface area contributed by atoms with Gasteiger partial charge in [0.1, 0.15) is 0 Å². The molecule has 0 radical (unpaired) electrons. The number of furan rings is 1. The van der Waals surface area contributed by atoms with Crippen molar-refractivity contribution in [2.75, 3.05) is 19.7 Å². The Bertz CT molecular complexity index is 377. The van der Waals surface area contributed by atoms with Gasteiger partial charge in [-0.15, -0.1) is 0 Å². The second-order valence-electron chi connectivity index (χ2n) is 4.03. The Morgan fingerprint density at radius 2 is 2.50 bits per heavy atom. The van der Waals surface area contributed by atoms with Crippen molar-refractivity contribution >= 4 is 17.5 Å². The molecule has 1 unspecified atom stereocenters. The molecule has 88 valence electrons. The number of amides is 1. The first-order valence-corrected chi connectivity index (χ1v) is 5.73. The van der Waals surface area contributed by atoms with Crippen LogP contribution in [0.25, 0.3) is 0 Å². The van der Waals surface area contributed by atoms with Crippen LogP contribution in [0.15, 0.2) is 16.7 Å². The van der Waals surface area contributed by atoms with Crippen molar-refractivity contribution in [3.63, 3.8) is 0 Å². The summed E-state index contributed by atoms with van der Waals surface area (Å²) in [5, 5.41) is 8.99. The van der Waals surface area contributed by atoms with E-state index in [4.69, 9.17) is 21.1 Å². The number of carbonyl (C=O) groups excluding carboxylic acids is 1. The molecule has 5 heteroatoms. The maximum atomic E-state index is 12.0. The zero-order chi connectivity index (χ0) is 11.5. The van der Waals surface area contributed by atoms with Crippen LogP contribution < -0.4 is 0 Å². The summed E-state index contributed by atoms with van der Waals surface area (Å²) in [6, 6.07) is 1.59. The van der Waals surface area contributed by atoms with Crippen LogP contribution in [-0.4, -0.2) is 35.6 Å². The fraction of sp³-hybridized carbons (Fsp3) is 0.545. The third-order valence-electron chi connectivity index (χ3n) is 2.96. The van der Waals surface area contributed by atoms with E-state index in [0.717, 1.165) is 19.4 Å². The minimum atomic E-state index is -0.0841. The molecule has 4 nitrogen and oxygen atoms in total. The standard InChI is InChI=1S/C11H14ClNO3/c12-10-9(3-6-16-10)11(15)13-4-1-8(7-13)2-5-14/h3,6,8,14H,1-2,4-5,7H2. The summed E-state index contributed by atoms with van der Waals surface area (Å²) in [4.78, 5) is 13.8. The van der Waals surface area contributed by atoms with Crippen LogP contribution in [0.3, 0.4) is 0 Å². The van der Waals surface area contributed by atoms with Gasteiger partial charge in [-0.3, -0.25) is 4.79 Å². The lowest BCUT2D eigenvalue weighted by Gasteiger charge is -2.15. The summed E-state index contributed by atoms with van der Waals surface area (Å²) in [6.45, 7) is 1.60. The predicted octanol–water partition coefficient (Wildman–Crippen LogP) is 1.78. The number of aliphatic hydroxyl groups excluding tert-OH is 1. The first-order chi connectivity index (χ1) is 7.72. The molecule has 0 saturated carbocycles. The summed E-state index contributed by atoms with van der Waals surface area (Å²) >= 11 is 5.76. The molecule has 16 heavy (non-hydrogen) atoms. The van der Waals surface area contributed by atoms with Crippen molar-refractivity contribution in [3.05, 3.63) is 23.1 Å². The van der Waals surface area contributed by atoms with Crippen LogP contribution in [0.1, 0.15) is 23.2 Å². The summed E-state index contributed by atoms with van der Waals surface area (Å²) in [6.07, 6.45) is 3.11. The Kier molecular flexibility index (Phi) is 3.51. The lowest BCUT2D eigenvalue weighted by atomic mass is 10.1. The molecule has 1 aromatic heterocycles. The highest BCUT2D eigenvalue weighted by Gasteiger charge is 2.28.